The van der Waals surface area contributed by atoms with Crippen molar-refractivity contribution in [3.63, 3.8) is 0 Å². The van der Waals surface area contributed by atoms with Gasteiger partial charge in [0.05, 0.1) is 12.2 Å². The molecule has 0 saturated carbocycles. The highest BCUT2D eigenvalue weighted by Gasteiger charge is 2.20. The maximum absolute atomic E-state index is 5.86. The van der Waals surface area contributed by atoms with Gasteiger partial charge in [-0.1, -0.05) is 19.1 Å². The Balaban J connectivity index is 3.21. The molecule has 0 aromatic carbocycles. The first kappa shape index (κ1) is 15.9. The molecule has 1 rings (SSSR count). The van der Waals surface area contributed by atoms with Crippen LogP contribution in [-0.2, 0) is 4.74 Å². The third kappa shape index (κ3) is 3.88. The predicted molar refractivity (Wildman–Crippen MR) is 83.8 cm³/mol. The molecule has 0 spiro atoms. The largest absolute Gasteiger partial charge is 0.389 e. The molecule has 2 N–H and O–H groups in total. The van der Waals surface area contributed by atoms with Crippen molar-refractivity contribution in [2.24, 2.45) is 5.73 Å². The first-order valence-corrected chi connectivity index (χ1v) is 6.94. The van der Waals surface area contributed by atoms with Crippen LogP contribution in [0.3, 0.4) is 0 Å². The smallest absolute Gasteiger partial charge is 0.139 e. The van der Waals surface area contributed by atoms with Crippen LogP contribution >= 0.6 is 12.2 Å². The fraction of sp³-hybridized carbons (Fsp3) is 0.571. The maximum atomic E-state index is 5.86. The lowest BCUT2D eigenvalue weighted by Crippen LogP contribution is -2.37. The Morgan fingerprint density at radius 2 is 2.26 bits per heavy atom. The fourth-order valence-electron chi connectivity index (χ4n) is 2.01. The summed E-state index contributed by atoms with van der Waals surface area (Å²) in [5.41, 5.74) is 7.78. The average molecular weight is 281 g/mol. The minimum atomic E-state index is 0.359. The van der Waals surface area contributed by atoms with E-state index in [4.69, 9.17) is 22.7 Å². The van der Waals surface area contributed by atoms with Gasteiger partial charge in [-0.05, 0) is 31.9 Å². The lowest BCUT2D eigenvalue weighted by atomic mass is 10.1. The van der Waals surface area contributed by atoms with E-state index in [-0.39, 0.29) is 0 Å². The average Bonchev–Trinajstić information content (AvgIpc) is 2.38. The number of hydrogen-bond acceptors (Lipinski definition) is 4. The van der Waals surface area contributed by atoms with Crippen molar-refractivity contribution in [2.45, 2.75) is 33.2 Å². The van der Waals surface area contributed by atoms with E-state index in [0.717, 1.165) is 29.9 Å². The molecule has 4 nitrogen and oxygen atoms in total. The molecular weight excluding hydrogens is 258 g/mol. The van der Waals surface area contributed by atoms with Crippen LogP contribution in [0, 0.1) is 6.92 Å². The number of nitrogens with zero attached hydrogens (tertiary/aromatic N) is 2. The van der Waals surface area contributed by atoms with Crippen LogP contribution in [0.2, 0.25) is 0 Å². The topological polar surface area (TPSA) is 51.4 Å². The molecule has 1 unspecified atom stereocenters. The summed E-state index contributed by atoms with van der Waals surface area (Å²) in [5, 5.41) is 0. The molecule has 0 fully saturated rings. The summed E-state index contributed by atoms with van der Waals surface area (Å²) in [6, 6.07) is 2.29. The van der Waals surface area contributed by atoms with Crippen molar-refractivity contribution < 1.29 is 4.74 Å². The SMILES string of the molecule is CCC(C)N(CCOC)c1nccc(C)c1C(N)=S. The van der Waals surface area contributed by atoms with Gasteiger partial charge >= 0.3 is 0 Å². The molecule has 0 radical (unpaired) electrons. The number of ether oxygens (including phenoxy) is 1. The van der Waals surface area contributed by atoms with E-state index in [0.29, 0.717) is 17.6 Å². The standard InChI is InChI=1S/C14H23N3OS/c1-5-11(3)17(8-9-18-4)14-12(13(15)19)10(2)6-7-16-14/h6-7,11H,5,8-9H2,1-4H3,(H2,15,19). The summed E-state index contributed by atoms with van der Waals surface area (Å²) in [6.07, 6.45) is 2.82. The van der Waals surface area contributed by atoms with Crippen LogP contribution in [-0.4, -0.2) is 36.3 Å². The number of methoxy groups -OCH3 is 1. The normalized spacial score (nSPS) is 12.2. The second kappa shape index (κ2) is 7.40. The molecule has 1 aromatic rings. The van der Waals surface area contributed by atoms with E-state index >= 15 is 0 Å². The van der Waals surface area contributed by atoms with Gasteiger partial charge in [0, 0.05) is 25.9 Å². The molecule has 0 saturated heterocycles. The fourth-order valence-corrected chi connectivity index (χ4v) is 2.26. The molecule has 1 heterocycles. The summed E-state index contributed by atoms with van der Waals surface area (Å²) in [6.45, 7) is 7.75. The summed E-state index contributed by atoms with van der Waals surface area (Å²) in [5.74, 6) is 0.860. The van der Waals surface area contributed by atoms with E-state index in [2.05, 4.69) is 23.7 Å². The molecule has 0 aliphatic carbocycles. The van der Waals surface area contributed by atoms with Crippen LogP contribution < -0.4 is 10.6 Å². The number of pyridine rings is 1. The third-order valence-electron chi connectivity index (χ3n) is 3.32. The lowest BCUT2D eigenvalue weighted by Gasteiger charge is -2.31. The quantitative estimate of drug-likeness (QED) is 0.777. The summed E-state index contributed by atoms with van der Waals surface area (Å²) in [7, 11) is 1.70. The highest BCUT2D eigenvalue weighted by atomic mass is 32.1. The van der Waals surface area contributed by atoms with Crippen LogP contribution in [0.4, 0.5) is 5.82 Å². The Hall–Kier alpha value is -1.20. The van der Waals surface area contributed by atoms with Gasteiger partial charge in [0.2, 0.25) is 0 Å². The van der Waals surface area contributed by atoms with Crippen molar-refractivity contribution in [3.8, 4) is 0 Å². The third-order valence-corrected chi connectivity index (χ3v) is 3.52. The molecule has 0 aliphatic rings. The Kier molecular flexibility index (Phi) is 6.18. The number of nitrogens with two attached hydrogens (primary N) is 1. The molecular formula is C14H23N3OS. The molecule has 0 aliphatic heterocycles. The lowest BCUT2D eigenvalue weighted by molar-refractivity contribution is 0.203. The molecule has 106 valence electrons. The second-order valence-electron chi connectivity index (χ2n) is 4.63. The molecule has 1 atom stereocenters. The zero-order valence-electron chi connectivity index (χ0n) is 12.1. The van der Waals surface area contributed by atoms with Gasteiger partial charge < -0.3 is 15.4 Å². The Morgan fingerprint density at radius 3 is 2.79 bits per heavy atom. The van der Waals surface area contributed by atoms with Crippen molar-refractivity contribution in [1.82, 2.24) is 4.98 Å². The van der Waals surface area contributed by atoms with Gasteiger partial charge in [-0.3, -0.25) is 0 Å². The van der Waals surface area contributed by atoms with Gasteiger partial charge in [-0.2, -0.15) is 0 Å². The second-order valence-corrected chi connectivity index (χ2v) is 5.07. The number of hydrogen-bond donors (Lipinski definition) is 1. The van der Waals surface area contributed by atoms with Gasteiger partial charge in [-0.25, -0.2) is 4.98 Å². The van der Waals surface area contributed by atoms with Gasteiger partial charge in [0.25, 0.3) is 0 Å². The van der Waals surface area contributed by atoms with Crippen molar-refractivity contribution in [2.75, 3.05) is 25.2 Å². The number of rotatable bonds is 7. The van der Waals surface area contributed by atoms with Crippen LogP contribution in [0.25, 0.3) is 0 Å². The van der Waals surface area contributed by atoms with Gasteiger partial charge in [0.1, 0.15) is 10.8 Å². The van der Waals surface area contributed by atoms with E-state index in [1.54, 1.807) is 13.3 Å². The number of anilines is 1. The van der Waals surface area contributed by atoms with Crippen LogP contribution in [0.5, 0.6) is 0 Å². The summed E-state index contributed by atoms with van der Waals surface area (Å²) >= 11 is 5.17. The zero-order valence-corrected chi connectivity index (χ0v) is 13.0. The van der Waals surface area contributed by atoms with E-state index in [1.807, 2.05) is 13.0 Å². The van der Waals surface area contributed by atoms with E-state index in [9.17, 15) is 0 Å². The number of thiocarbonyl (C=S) groups is 1. The van der Waals surface area contributed by atoms with Crippen molar-refractivity contribution in [3.05, 3.63) is 23.4 Å². The monoisotopic (exact) mass is 281 g/mol. The Bertz CT molecular complexity index is 437. The minimum Gasteiger partial charge on any atom is -0.389 e. The summed E-state index contributed by atoms with van der Waals surface area (Å²) in [4.78, 5) is 7.09. The zero-order chi connectivity index (χ0) is 14.4. The molecule has 0 amide bonds. The van der Waals surface area contributed by atoms with Gasteiger partial charge in [0.15, 0.2) is 0 Å². The molecule has 0 bridgehead atoms. The summed E-state index contributed by atoms with van der Waals surface area (Å²) < 4.78 is 5.19. The first-order valence-electron chi connectivity index (χ1n) is 6.53. The van der Waals surface area contributed by atoms with E-state index in [1.165, 1.54) is 0 Å². The molecule has 1 aromatic heterocycles. The Morgan fingerprint density at radius 1 is 1.58 bits per heavy atom. The molecule has 19 heavy (non-hydrogen) atoms. The highest BCUT2D eigenvalue weighted by Crippen LogP contribution is 2.23. The molecule has 5 heteroatoms. The predicted octanol–water partition coefficient (Wildman–Crippen LogP) is 2.28. The highest BCUT2D eigenvalue weighted by molar-refractivity contribution is 7.80. The van der Waals surface area contributed by atoms with Crippen LogP contribution in [0.1, 0.15) is 31.4 Å². The number of aromatic nitrogens is 1. The van der Waals surface area contributed by atoms with E-state index < -0.39 is 0 Å². The maximum Gasteiger partial charge on any atom is 0.139 e. The van der Waals surface area contributed by atoms with Crippen molar-refractivity contribution >= 4 is 23.0 Å². The first-order chi connectivity index (χ1) is 9.02. The van der Waals surface area contributed by atoms with Crippen molar-refractivity contribution in [1.29, 1.82) is 0 Å². The number of aryl methyl sites for hydroxylation is 1. The Labute approximate surface area is 121 Å². The minimum absolute atomic E-state index is 0.359. The van der Waals surface area contributed by atoms with Gasteiger partial charge in [-0.15, -0.1) is 0 Å². The van der Waals surface area contributed by atoms with Crippen LogP contribution in [0.15, 0.2) is 12.3 Å².